The van der Waals surface area contributed by atoms with Crippen LogP contribution >= 0.6 is 31.9 Å². The SMILES string of the molecule is CC[C@@H](C)Oc1c(Br)cc(C=Nn2c([C@H](C)CC)nc3ccc(Br)cc3c2=O)cc1[N+](=O)[O-]. The van der Waals surface area contributed by atoms with Crippen LogP contribution in [0.4, 0.5) is 5.69 Å². The van der Waals surface area contributed by atoms with E-state index in [0.29, 0.717) is 33.2 Å². The van der Waals surface area contributed by atoms with Crippen molar-refractivity contribution in [1.82, 2.24) is 9.66 Å². The molecule has 0 saturated carbocycles. The molecular formula is C23H24Br2N4O4. The summed E-state index contributed by atoms with van der Waals surface area (Å²) in [6, 6.07) is 8.39. The predicted molar refractivity (Wildman–Crippen MR) is 137 cm³/mol. The van der Waals surface area contributed by atoms with Crippen LogP contribution in [0.5, 0.6) is 5.75 Å². The second-order valence-electron chi connectivity index (χ2n) is 7.75. The average molecular weight is 580 g/mol. The molecule has 0 bridgehead atoms. The number of nitro groups is 1. The van der Waals surface area contributed by atoms with Gasteiger partial charge in [0, 0.05) is 22.0 Å². The Labute approximate surface area is 208 Å². The van der Waals surface area contributed by atoms with Crippen molar-refractivity contribution in [3.8, 4) is 5.75 Å². The zero-order valence-electron chi connectivity index (χ0n) is 18.7. The maximum atomic E-state index is 13.2. The topological polar surface area (TPSA) is 99.6 Å². The van der Waals surface area contributed by atoms with Gasteiger partial charge in [0.1, 0.15) is 5.82 Å². The Morgan fingerprint density at radius 2 is 1.94 bits per heavy atom. The number of hydrogen-bond acceptors (Lipinski definition) is 6. The van der Waals surface area contributed by atoms with Gasteiger partial charge in [-0.1, -0.05) is 36.7 Å². The first-order valence-corrected chi connectivity index (χ1v) is 12.2. The molecule has 2 atom stereocenters. The summed E-state index contributed by atoms with van der Waals surface area (Å²) in [4.78, 5) is 29.1. The molecule has 1 aromatic heterocycles. The molecule has 3 rings (SSSR count). The fourth-order valence-corrected chi connectivity index (χ4v) is 4.04. The second kappa shape index (κ2) is 10.6. The van der Waals surface area contributed by atoms with Crippen molar-refractivity contribution in [2.24, 2.45) is 5.10 Å². The predicted octanol–water partition coefficient (Wildman–Crippen LogP) is 6.40. The summed E-state index contributed by atoms with van der Waals surface area (Å²) >= 11 is 6.77. The monoisotopic (exact) mass is 578 g/mol. The summed E-state index contributed by atoms with van der Waals surface area (Å²) in [6.45, 7) is 7.77. The third-order valence-electron chi connectivity index (χ3n) is 5.35. The van der Waals surface area contributed by atoms with E-state index < -0.39 is 4.92 Å². The number of ether oxygens (including phenoxy) is 1. The van der Waals surface area contributed by atoms with Crippen molar-refractivity contribution in [2.45, 2.75) is 52.6 Å². The minimum atomic E-state index is -0.494. The first kappa shape index (κ1) is 25.0. The maximum Gasteiger partial charge on any atom is 0.312 e. The molecule has 0 spiro atoms. The summed E-state index contributed by atoms with van der Waals surface area (Å²) < 4.78 is 8.22. The van der Waals surface area contributed by atoms with E-state index in [4.69, 9.17) is 4.74 Å². The number of benzene rings is 2. The number of hydrogen-bond donors (Lipinski definition) is 0. The zero-order chi connectivity index (χ0) is 24.3. The number of nitrogens with zero attached hydrogens (tertiary/aromatic N) is 4. The Hall–Kier alpha value is -2.59. The molecule has 3 aromatic rings. The molecule has 0 amide bonds. The first-order chi connectivity index (χ1) is 15.7. The summed E-state index contributed by atoms with van der Waals surface area (Å²) in [6.07, 6.45) is 2.71. The van der Waals surface area contributed by atoms with E-state index in [9.17, 15) is 14.9 Å². The van der Waals surface area contributed by atoms with Gasteiger partial charge in [0.2, 0.25) is 5.75 Å². The van der Waals surface area contributed by atoms with Crippen molar-refractivity contribution < 1.29 is 9.66 Å². The standard InChI is InChI=1S/C23H24Br2N4O4/c1-5-13(3)22-27-19-8-7-16(24)11-17(19)23(30)28(22)26-12-15-9-18(25)21(33-14(4)6-2)20(10-15)29(31)32/h7-14H,5-6H2,1-4H3/t13-,14-/m1/s1. The highest BCUT2D eigenvalue weighted by Gasteiger charge is 2.22. The minimum Gasteiger partial charge on any atom is -0.483 e. The van der Waals surface area contributed by atoms with Crippen molar-refractivity contribution in [3.05, 3.63) is 71.1 Å². The van der Waals surface area contributed by atoms with Crippen LogP contribution in [0.25, 0.3) is 10.9 Å². The number of nitro benzene ring substituents is 1. The summed E-state index contributed by atoms with van der Waals surface area (Å²) in [5.41, 5.74) is 0.552. The molecule has 0 radical (unpaired) electrons. The van der Waals surface area contributed by atoms with Crippen LogP contribution in [0.3, 0.4) is 0 Å². The molecule has 0 aliphatic carbocycles. The molecule has 2 aromatic carbocycles. The Balaban J connectivity index is 2.14. The normalized spacial score (nSPS) is 13.4. The van der Waals surface area contributed by atoms with Crippen molar-refractivity contribution in [1.29, 1.82) is 0 Å². The number of rotatable bonds is 8. The van der Waals surface area contributed by atoms with Gasteiger partial charge in [-0.3, -0.25) is 14.9 Å². The van der Waals surface area contributed by atoms with Crippen LogP contribution in [-0.4, -0.2) is 26.9 Å². The van der Waals surface area contributed by atoms with Crippen LogP contribution in [-0.2, 0) is 0 Å². The Kier molecular flexibility index (Phi) is 8.01. The molecule has 0 aliphatic rings. The molecule has 10 heteroatoms. The fourth-order valence-electron chi connectivity index (χ4n) is 3.11. The lowest BCUT2D eigenvalue weighted by atomic mass is 10.1. The highest BCUT2D eigenvalue weighted by atomic mass is 79.9. The molecular weight excluding hydrogens is 556 g/mol. The highest BCUT2D eigenvalue weighted by molar-refractivity contribution is 9.10. The summed E-state index contributed by atoms with van der Waals surface area (Å²) in [5.74, 6) is 0.676. The minimum absolute atomic E-state index is 0.0183. The smallest absolute Gasteiger partial charge is 0.312 e. The quantitative estimate of drug-likeness (QED) is 0.174. The van der Waals surface area contributed by atoms with E-state index >= 15 is 0 Å². The van der Waals surface area contributed by atoms with Gasteiger partial charge in [0.15, 0.2) is 0 Å². The van der Waals surface area contributed by atoms with E-state index in [0.717, 1.165) is 10.9 Å². The zero-order valence-corrected chi connectivity index (χ0v) is 21.9. The van der Waals surface area contributed by atoms with Crippen LogP contribution in [0.2, 0.25) is 0 Å². The average Bonchev–Trinajstić information content (AvgIpc) is 2.79. The van der Waals surface area contributed by atoms with E-state index in [-0.39, 0.29) is 29.0 Å². The number of aromatic nitrogens is 2. The van der Waals surface area contributed by atoms with E-state index in [1.165, 1.54) is 17.0 Å². The van der Waals surface area contributed by atoms with Crippen LogP contribution < -0.4 is 10.3 Å². The van der Waals surface area contributed by atoms with E-state index in [1.54, 1.807) is 18.2 Å². The molecule has 8 nitrogen and oxygen atoms in total. The molecule has 1 heterocycles. The van der Waals surface area contributed by atoms with Crippen molar-refractivity contribution >= 4 is 54.7 Å². The number of halogens is 2. The molecule has 33 heavy (non-hydrogen) atoms. The van der Waals surface area contributed by atoms with E-state index in [2.05, 4.69) is 41.9 Å². The Bertz CT molecular complexity index is 1290. The van der Waals surface area contributed by atoms with Crippen LogP contribution in [0.15, 0.2) is 49.2 Å². The molecule has 0 saturated heterocycles. The lowest BCUT2D eigenvalue weighted by Gasteiger charge is -2.15. The third-order valence-corrected chi connectivity index (χ3v) is 6.43. The maximum absolute atomic E-state index is 13.2. The largest absolute Gasteiger partial charge is 0.483 e. The lowest BCUT2D eigenvalue weighted by Crippen LogP contribution is -2.23. The van der Waals surface area contributed by atoms with Gasteiger partial charge in [0.25, 0.3) is 5.56 Å². The molecule has 0 N–H and O–H groups in total. The lowest BCUT2D eigenvalue weighted by molar-refractivity contribution is -0.386. The summed E-state index contributed by atoms with van der Waals surface area (Å²) in [7, 11) is 0. The summed E-state index contributed by atoms with van der Waals surface area (Å²) in [5, 5.41) is 16.5. The molecule has 174 valence electrons. The van der Waals surface area contributed by atoms with Gasteiger partial charge in [-0.2, -0.15) is 9.78 Å². The molecule has 0 fully saturated rings. The van der Waals surface area contributed by atoms with E-state index in [1.807, 2.05) is 33.8 Å². The Morgan fingerprint density at radius 3 is 2.58 bits per heavy atom. The second-order valence-corrected chi connectivity index (χ2v) is 9.52. The van der Waals surface area contributed by atoms with Gasteiger partial charge >= 0.3 is 5.69 Å². The van der Waals surface area contributed by atoms with Gasteiger partial charge in [0.05, 0.1) is 32.6 Å². The third kappa shape index (κ3) is 5.50. The highest BCUT2D eigenvalue weighted by Crippen LogP contribution is 2.37. The van der Waals surface area contributed by atoms with Gasteiger partial charge in [-0.15, -0.1) is 0 Å². The Morgan fingerprint density at radius 1 is 1.21 bits per heavy atom. The molecule has 0 aliphatic heterocycles. The van der Waals surface area contributed by atoms with Crippen LogP contribution in [0.1, 0.15) is 57.8 Å². The van der Waals surface area contributed by atoms with Crippen molar-refractivity contribution in [2.75, 3.05) is 0 Å². The van der Waals surface area contributed by atoms with Crippen LogP contribution in [0, 0.1) is 10.1 Å². The fraction of sp³-hybridized carbons (Fsp3) is 0.348. The van der Waals surface area contributed by atoms with Gasteiger partial charge in [-0.25, -0.2) is 4.98 Å². The van der Waals surface area contributed by atoms with Gasteiger partial charge < -0.3 is 4.74 Å². The van der Waals surface area contributed by atoms with Gasteiger partial charge in [-0.05, 0) is 60.0 Å². The number of fused-ring (bicyclic) bond motifs is 1. The van der Waals surface area contributed by atoms with Crippen molar-refractivity contribution in [3.63, 3.8) is 0 Å². The molecule has 0 unspecified atom stereocenters. The first-order valence-electron chi connectivity index (χ1n) is 10.6.